The van der Waals surface area contributed by atoms with Gasteiger partial charge in [-0.05, 0) is 50.2 Å². The highest BCUT2D eigenvalue weighted by Crippen LogP contribution is 2.24. The summed E-state index contributed by atoms with van der Waals surface area (Å²) in [6.45, 7) is 8.57. The third kappa shape index (κ3) is 4.30. The van der Waals surface area contributed by atoms with Gasteiger partial charge in [-0.3, -0.25) is 9.69 Å². The third-order valence-corrected chi connectivity index (χ3v) is 4.83. The summed E-state index contributed by atoms with van der Waals surface area (Å²) >= 11 is 0. The number of Topliss-reactive ketones (excluding diaryl/α,β-unsaturated/α-hetero) is 1. The first-order chi connectivity index (χ1) is 12.4. The summed E-state index contributed by atoms with van der Waals surface area (Å²) in [5.74, 6) is 2.45. The average molecular weight is 357 g/mol. The van der Waals surface area contributed by atoms with E-state index in [0.29, 0.717) is 12.4 Å². The molecule has 2 heterocycles. The molecule has 6 heteroatoms. The van der Waals surface area contributed by atoms with E-state index in [9.17, 15) is 4.79 Å². The van der Waals surface area contributed by atoms with Crippen molar-refractivity contribution in [2.75, 3.05) is 20.2 Å². The van der Waals surface area contributed by atoms with Gasteiger partial charge in [0.25, 0.3) is 0 Å². The largest absolute Gasteiger partial charge is 0.497 e. The first kappa shape index (κ1) is 18.6. The van der Waals surface area contributed by atoms with Gasteiger partial charge in [0.1, 0.15) is 5.75 Å². The molecular formula is C20H27N3O3. The van der Waals surface area contributed by atoms with Crippen molar-refractivity contribution in [2.45, 2.75) is 45.6 Å². The Labute approximate surface area is 154 Å². The molecule has 0 bridgehead atoms. The Morgan fingerprint density at radius 2 is 1.88 bits per heavy atom. The standard InChI is InChI=1S/C20H27N3O3/c1-20(2,3)19-21-17(26-22-19)13-23-11-9-15(10-12-23)18(24)14-5-7-16(25-4)8-6-14/h5-8,15H,9-13H2,1-4H3. The van der Waals surface area contributed by atoms with Crippen molar-refractivity contribution in [3.63, 3.8) is 0 Å². The van der Waals surface area contributed by atoms with Crippen molar-refractivity contribution in [1.82, 2.24) is 15.0 Å². The molecule has 1 fully saturated rings. The molecule has 2 aromatic rings. The van der Waals surface area contributed by atoms with Crippen LogP contribution in [0, 0.1) is 5.92 Å². The van der Waals surface area contributed by atoms with Crippen LogP contribution in [0.3, 0.4) is 0 Å². The molecule has 0 saturated carbocycles. The lowest BCUT2D eigenvalue weighted by Gasteiger charge is -2.30. The summed E-state index contributed by atoms with van der Waals surface area (Å²) in [6, 6.07) is 7.37. The van der Waals surface area contributed by atoms with Crippen LogP contribution < -0.4 is 4.74 Å². The van der Waals surface area contributed by atoms with Crippen LogP contribution in [-0.4, -0.2) is 41.0 Å². The van der Waals surface area contributed by atoms with E-state index in [1.165, 1.54) is 0 Å². The molecule has 0 spiro atoms. The van der Waals surface area contributed by atoms with Crippen LogP contribution in [0.2, 0.25) is 0 Å². The van der Waals surface area contributed by atoms with Crippen molar-refractivity contribution in [3.05, 3.63) is 41.5 Å². The van der Waals surface area contributed by atoms with Gasteiger partial charge in [-0.15, -0.1) is 0 Å². The fourth-order valence-electron chi connectivity index (χ4n) is 3.16. The lowest BCUT2D eigenvalue weighted by atomic mass is 9.89. The van der Waals surface area contributed by atoms with Gasteiger partial charge in [0.15, 0.2) is 11.6 Å². The van der Waals surface area contributed by atoms with Crippen molar-refractivity contribution >= 4 is 5.78 Å². The zero-order valence-corrected chi connectivity index (χ0v) is 16.0. The van der Waals surface area contributed by atoms with Gasteiger partial charge in [0.05, 0.1) is 13.7 Å². The number of methoxy groups -OCH3 is 1. The van der Waals surface area contributed by atoms with Gasteiger partial charge in [0, 0.05) is 16.9 Å². The highest BCUT2D eigenvalue weighted by molar-refractivity contribution is 5.98. The summed E-state index contributed by atoms with van der Waals surface area (Å²) in [5.41, 5.74) is 0.649. The van der Waals surface area contributed by atoms with E-state index in [1.807, 2.05) is 24.3 Å². The quantitative estimate of drug-likeness (QED) is 0.763. The smallest absolute Gasteiger partial charge is 0.240 e. The second-order valence-corrected chi connectivity index (χ2v) is 7.90. The van der Waals surface area contributed by atoms with E-state index in [4.69, 9.17) is 9.26 Å². The van der Waals surface area contributed by atoms with E-state index in [2.05, 4.69) is 35.8 Å². The van der Waals surface area contributed by atoms with Crippen molar-refractivity contribution in [2.24, 2.45) is 5.92 Å². The molecule has 26 heavy (non-hydrogen) atoms. The first-order valence-corrected chi connectivity index (χ1v) is 9.10. The molecule has 0 aliphatic carbocycles. The number of hydrogen-bond donors (Lipinski definition) is 0. The highest BCUT2D eigenvalue weighted by atomic mass is 16.5. The first-order valence-electron chi connectivity index (χ1n) is 9.10. The number of rotatable bonds is 5. The maximum atomic E-state index is 12.7. The second-order valence-electron chi connectivity index (χ2n) is 7.90. The van der Waals surface area contributed by atoms with Gasteiger partial charge in [-0.1, -0.05) is 25.9 Å². The summed E-state index contributed by atoms with van der Waals surface area (Å²) in [7, 11) is 1.63. The minimum absolute atomic E-state index is 0.0764. The van der Waals surface area contributed by atoms with E-state index in [0.717, 1.165) is 43.1 Å². The van der Waals surface area contributed by atoms with Gasteiger partial charge >= 0.3 is 0 Å². The molecule has 1 aromatic carbocycles. The Kier molecular flexibility index (Phi) is 5.41. The Morgan fingerprint density at radius 3 is 2.42 bits per heavy atom. The van der Waals surface area contributed by atoms with Crippen LogP contribution in [0.15, 0.2) is 28.8 Å². The molecule has 1 aliphatic rings. The third-order valence-electron chi connectivity index (χ3n) is 4.83. The molecule has 1 aromatic heterocycles. The molecule has 0 N–H and O–H groups in total. The Balaban J connectivity index is 1.53. The van der Waals surface area contributed by atoms with Crippen LogP contribution in [0.5, 0.6) is 5.75 Å². The number of likely N-dealkylation sites (tertiary alicyclic amines) is 1. The summed E-state index contributed by atoms with van der Waals surface area (Å²) < 4.78 is 10.5. The maximum absolute atomic E-state index is 12.7. The zero-order chi connectivity index (χ0) is 18.7. The second kappa shape index (κ2) is 7.58. The number of ketones is 1. The zero-order valence-electron chi connectivity index (χ0n) is 16.0. The van der Waals surface area contributed by atoms with Gasteiger partial charge in [-0.25, -0.2) is 0 Å². The molecule has 3 rings (SSSR count). The summed E-state index contributed by atoms with van der Waals surface area (Å²) in [4.78, 5) is 19.4. The van der Waals surface area contributed by atoms with E-state index < -0.39 is 0 Å². The Bertz CT molecular complexity index is 738. The molecule has 1 saturated heterocycles. The number of hydrogen-bond acceptors (Lipinski definition) is 6. The number of ether oxygens (including phenoxy) is 1. The molecular weight excluding hydrogens is 330 g/mol. The number of piperidine rings is 1. The number of carbonyl (C=O) groups excluding carboxylic acids is 1. The SMILES string of the molecule is COc1ccc(C(=O)C2CCN(Cc3nc(C(C)(C)C)no3)CC2)cc1. The van der Waals surface area contributed by atoms with E-state index >= 15 is 0 Å². The average Bonchev–Trinajstić information content (AvgIpc) is 3.11. The molecule has 6 nitrogen and oxygen atoms in total. The summed E-state index contributed by atoms with van der Waals surface area (Å²) in [6.07, 6.45) is 1.70. The molecule has 1 aliphatic heterocycles. The molecule has 0 unspecified atom stereocenters. The number of carbonyl (C=O) groups is 1. The lowest BCUT2D eigenvalue weighted by Crippen LogP contribution is -2.36. The molecule has 0 amide bonds. The maximum Gasteiger partial charge on any atom is 0.240 e. The number of benzene rings is 1. The topological polar surface area (TPSA) is 68.5 Å². The van der Waals surface area contributed by atoms with Crippen LogP contribution >= 0.6 is 0 Å². The Hall–Kier alpha value is -2.21. The van der Waals surface area contributed by atoms with Crippen LogP contribution in [0.1, 0.15) is 55.7 Å². The lowest BCUT2D eigenvalue weighted by molar-refractivity contribution is 0.0825. The van der Waals surface area contributed by atoms with Crippen molar-refractivity contribution in [3.8, 4) is 5.75 Å². The fraction of sp³-hybridized carbons (Fsp3) is 0.550. The van der Waals surface area contributed by atoms with Crippen molar-refractivity contribution < 1.29 is 14.1 Å². The van der Waals surface area contributed by atoms with Crippen molar-refractivity contribution in [1.29, 1.82) is 0 Å². The van der Waals surface area contributed by atoms with E-state index in [-0.39, 0.29) is 17.1 Å². The molecule has 0 radical (unpaired) electrons. The van der Waals surface area contributed by atoms with Crippen LogP contribution in [0.4, 0.5) is 0 Å². The Morgan fingerprint density at radius 1 is 1.23 bits per heavy atom. The molecule has 0 atom stereocenters. The highest BCUT2D eigenvalue weighted by Gasteiger charge is 2.27. The fourth-order valence-corrected chi connectivity index (χ4v) is 3.16. The molecule has 140 valence electrons. The predicted octanol–water partition coefficient (Wildman–Crippen LogP) is 3.47. The van der Waals surface area contributed by atoms with Crippen LogP contribution in [0.25, 0.3) is 0 Å². The number of aromatic nitrogens is 2. The minimum Gasteiger partial charge on any atom is -0.497 e. The van der Waals surface area contributed by atoms with Gasteiger partial charge in [0.2, 0.25) is 5.89 Å². The van der Waals surface area contributed by atoms with Crippen LogP contribution in [-0.2, 0) is 12.0 Å². The monoisotopic (exact) mass is 357 g/mol. The summed E-state index contributed by atoms with van der Waals surface area (Å²) in [5, 5.41) is 4.07. The predicted molar refractivity (Wildman–Crippen MR) is 98.3 cm³/mol. The van der Waals surface area contributed by atoms with E-state index in [1.54, 1.807) is 7.11 Å². The normalized spacial score (nSPS) is 16.6. The van der Waals surface area contributed by atoms with Gasteiger partial charge < -0.3 is 9.26 Å². The minimum atomic E-state index is -0.112. The number of nitrogens with zero attached hydrogens (tertiary/aromatic N) is 3. The van der Waals surface area contributed by atoms with Gasteiger partial charge in [-0.2, -0.15) is 4.98 Å².